The van der Waals surface area contributed by atoms with Crippen LogP contribution in [0.2, 0.25) is 0 Å². The van der Waals surface area contributed by atoms with E-state index in [0.717, 1.165) is 60.3 Å². The van der Waals surface area contributed by atoms with Gasteiger partial charge in [-0.1, -0.05) is 18.2 Å². The first kappa shape index (κ1) is 29.5. The zero-order valence-electron chi connectivity index (χ0n) is 26.4. The van der Waals surface area contributed by atoms with Crippen LogP contribution in [-0.2, 0) is 22.6 Å². The molecule has 3 fully saturated rings. The van der Waals surface area contributed by atoms with Gasteiger partial charge in [0.15, 0.2) is 0 Å². The van der Waals surface area contributed by atoms with Gasteiger partial charge in [0, 0.05) is 56.8 Å². The molecule has 4 aromatic rings. The third kappa shape index (κ3) is 6.07. The number of anilines is 2. The fourth-order valence-corrected chi connectivity index (χ4v) is 6.58. The number of esters is 1. The van der Waals surface area contributed by atoms with Crippen molar-refractivity contribution in [2.75, 3.05) is 51.8 Å². The van der Waals surface area contributed by atoms with E-state index in [0.29, 0.717) is 37.3 Å². The van der Waals surface area contributed by atoms with Gasteiger partial charge in [-0.15, -0.1) is 0 Å². The highest BCUT2D eigenvalue weighted by molar-refractivity contribution is 5.95. The van der Waals surface area contributed by atoms with Crippen LogP contribution in [0.15, 0.2) is 60.7 Å². The first-order valence-electron chi connectivity index (χ1n) is 16.0. The van der Waals surface area contributed by atoms with Crippen LogP contribution in [0.4, 0.5) is 11.4 Å². The summed E-state index contributed by atoms with van der Waals surface area (Å²) in [5, 5.41) is 0. The van der Waals surface area contributed by atoms with Gasteiger partial charge in [-0.2, -0.15) is 0 Å². The number of ether oxygens (including phenoxy) is 2. The predicted molar refractivity (Wildman–Crippen MR) is 174 cm³/mol. The van der Waals surface area contributed by atoms with Crippen LogP contribution in [0.3, 0.4) is 0 Å². The van der Waals surface area contributed by atoms with Crippen molar-refractivity contribution in [1.29, 1.82) is 0 Å². The van der Waals surface area contributed by atoms with E-state index in [4.69, 9.17) is 14.5 Å². The summed E-state index contributed by atoms with van der Waals surface area (Å²) in [5.41, 5.74) is 7.85. The molecule has 9 heteroatoms. The van der Waals surface area contributed by atoms with Crippen LogP contribution >= 0.6 is 0 Å². The first-order valence-corrected chi connectivity index (χ1v) is 16.0. The molecule has 3 heterocycles. The van der Waals surface area contributed by atoms with E-state index < -0.39 is 0 Å². The molecule has 1 aliphatic carbocycles. The summed E-state index contributed by atoms with van der Waals surface area (Å²) in [6, 6.07) is 20.3. The van der Waals surface area contributed by atoms with E-state index in [2.05, 4.69) is 52.6 Å². The SMILES string of the molecule is COC(=O)c1ccc2nc(CN3CCN(C(=O)c4cccc(N(C)c5ccc(C6CC6)cc5C)c4)CC3)n(C[C@@H]3CCO3)c2c1. The standard InChI is InChI=1S/C36H41N5O4/c1-24-19-26(25-7-8-25)10-12-32(24)38(2)29-6-4-5-27(20-29)35(42)40-16-14-39(15-17-40)23-34-37-31-11-9-28(36(43)44-3)21-33(31)41(34)22-30-13-18-45-30/h4-6,9-12,19-21,25,30H,7-8,13-18,22-23H2,1-3H3/t30-/m0/s1. The molecule has 0 bridgehead atoms. The second-order valence-corrected chi connectivity index (χ2v) is 12.6. The Labute approximate surface area is 264 Å². The zero-order valence-corrected chi connectivity index (χ0v) is 26.4. The van der Waals surface area contributed by atoms with Crippen LogP contribution in [0, 0.1) is 6.92 Å². The van der Waals surface area contributed by atoms with Crippen molar-refractivity contribution in [3.63, 3.8) is 0 Å². The Hall–Kier alpha value is -4.21. The predicted octanol–water partition coefficient (Wildman–Crippen LogP) is 5.52. The van der Waals surface area contributed by atoms with Crippen molar-refractivity contribution in [1.82, 2.24) is 19.4 Å². The molecule has 1 saturated carbocycles. The first-order chi connectivity index (χ1) is 21.9. The monoisotopic (exact) mass is 607 g/mol. The number of methoxy groups -OCH3 is 1. The number of carbonyl (C=O) groups excluding carboxylic acids is 2. The van der Waals surface area contributed by atoms with Gasteiger partial charge in [0.2, 0.25) is 0 Å². The van der Waals surface area contributed by atoms with Gasteiger partial charge in [0.25, 0.3) is 5.91 Å². The number of imidazole rings is 1. The molecule has 2 aliphatic heterocycles. The molecule has 1 aromatic heterocycles. The van der Waals surface area contributed by atoms with Gasteiger partial charge < -0.3 is 23.8 Å². The van der Waals surface area contributed by atoms with E-state index in [1.165, 1.54) is 31.1 Å². The summed E-state index contributed by atoms with van der Waals surface area (Å²) in [6.07, 6.45) is 3.76. The highest BCUT2D eigenvalue weighted by atomic mass is 16.5. The van der Waals surface area contributed by atoms with Gasteiger partial charge in [-0.05, 0) is 85.7 Å². The van der Waals surface area contributed by atoms with E-state index in [9.17, 15) is 9.59 Å². The number of aromatic nitrogens is 2. The molecule has 3 aliphatic rings. The van der Waals surface area contributed by atoms with Crippen LogP contribution < -0.4 is 4.90 Å². The van der Waals surface area contributed by atoms with E-state index in [1.807, 2.05) is 35.2 Å². The topological polar surface area (TPSA) is 80.1 Å². The Bertz CT molecular complexity index is 1730. The smallest absolute Gasteiger partial charge is 0.337 e. The van der Waals surface area contributed by atoms with Crippen molar-refractivity contribution in [3.05, 3.63) is 88.7 Å². The third-order valence-electron chi connectivity index (χ3n) is 9.56. The van der Waals surface area contributed by atoms with Crippen LogP contribution in [-0.4, -0.2) is 84.3 Å². The van der Waals surface area contributed by atoms with Crippen LogP contribution in [0.5, 0.6) is 0 Å². The molecular formula is C36H41N5O4. The number of piperazine rings is 1. The summed E-state index contributed by atoms with van der Waals surface area (Å²) in [5.74, 6) is 1.38. The maximum absolute atomic E-state index is 13.6. The normalized spacial score (nSPS) is 18.6. The largest absolute Gasteiger partial charge is 0.465 e. The number of hydrogen-bond acceptors (Lipinski definition) is 7. The van der Waals surface area contributed by atoms with E-state index in [-0.39, 0.29) is 18.0 Å². The van der Waals surface area contributed by atoms with Gasteiger partial charge in [-0.3, -0.25) is 9.69 Å². The third-order valence-corrected chi connectivity index (χ3v) is 9.56. The Morgan fingerprint density at radius 2 is 1.78 bits per heavy atom. The average Bonchev–Trinajstić information content (AvgIpc) is 3.84. The van der Waals surface area contributed by atoms with Crippen molar-refractivity contribution < 1.29 is 19.1 Å². The summed E-state index contributed by atoms with van der Waals surface area (Å²) in [6.45, 7) is 7.13. The van der Waals surface area contributed by atoms with Crippen molar-refractivity contribution in [2.24, 2.45) is 0 Å². The van der Waals surface area contributed by atoms with E-state index >= 15 is 0 Å². The lowest BCUT2D eigenvalue weighted by Gasteiger charge is -2.35. The highest BCUT2D eigenvalue weighted by Gasteiger charge is 2.27. The van der Waals surface area contributed by atoms with Crippen molar-refractivity contribution in [3.8, 4) is 0 Å². The van der Waals surface area contributed by atoms with Gasteiger partial charge >= 0.3 is 5.97 Å². The maximum Gasteiger partial charge on any atom is 0.337 e. The Balaban J connectivity index is 1.02. The number of amides is 1. The Morgan fingerprint density at radius 3 is 2.47 bits per heavy atom. The number of fused-ring (bicyclic) bond motifs is 1. The van der Waals surface area contributed by atoms with Crippen LogP contribution in [0.1, 0.15) is 62.8 Å². The second-order valence-electron chi connectivity index (χ2n) is 12.6. The highest BCUT2D eigenvalue weighted by Crippen LogP contribution is 2.41. The van der Waals surface area contributed by atoms with Crippen molar-refractivity contribution >= 4 is 34.3 Å². The molecule has 0 N–H and O–H groups in total. The van der Waals surface area contributed by atoms with Gasteiger partial charge in [-0.25, -0.2) is 9.78 Å². The molecule has 3 aromatic carbocycles. The number of hydrogen-bond donors (Lipinski definition) is 0. The number of nitrogens with zero attached hydrogens (tertiary/aromatic N) is 5. The minimum atomic E-state index is -0.360. The summed E-state index contributed by atoms with van der Waals surface area (Å²) < 4.78 is 12.9. The zero-order chi connectivity index (χ0) is 31.1. The minimum absolute atomic E-state index is 0.0652. The van der Waals surface area contributed by atoms with Crippen molar-refractivity contribution in [2.45, 2.75) is 51.3 Å². The molecule has 0 radical (unpaired) electrons. The molecular weight excluding hydrogens is 566 g/mol. The molecule has 1 amide bonds. The molecule has 0 unspecified atom stereocenters. The molecule has 234 valence electrons. The number of rotatable bonds is 9. The lowest BCUT2D eigenvalue weighted by Crippen LogP contribution is -2.48. The fraction of sp³-hybridized carbons (Fsp3) is 0.417. The van der Waals surface area contributed by atoms with Gasteiger partial charge in [0.05, 0.1) is 42.9 Å². The molecule has 9 nitrogen and oxygen atoms in total. The Kier molecular flexibility index (Phi) is 8.06. The maximum atomic E-state index is 13.6. The average molecular weight is 608 g/mol. The second kappa shape index (κ2) is 12.3. The molecule has 2 saturated heterocycles. The Morgan fingerprint density at radius 1 is 0.978 bits per heavy atom. The lowest BCUT2D eigenvalue weighted by atomic mass is 10.0. The van der Waals surface area contributed by atoms with Crippen LogP contribution in [0.25, 0.3) is 11.0 Å². The summed E-state index contributed by atoms with van der Waals surface area (Å²) >= 11 is 0. The number of carbonyl (C=O) groups is 2. The fourth-order valence-electron chi connectivity index (χ4n) is 6.58. The quantitative estimate of drug-likeness (QED) is 0.232. The summed E-state index contributed by atoms with van der Waals surface area (Å²) in [4.78, 5) is 37.3. The molecule has 0 spiro atoms. The minimum Gasteiger partial charge on any atom is -0.465 e. The molecule has 45 heavy (non-hydrogen) atoms. The summed E-state index contributed by atoms with van der Waals surface area (Å²) in [7, 11) is 3.47. The lowest BCUT2D eigenvalue weighted by molar-refractivity contribution is -0.0592. The molecule has 1 atom stereocenters. The molecule has 7 rings (SSSR count). The number of aryl methyl sites for hydroxylation is 1. The number of benzene rings is 3. The van der Waals surface area contributed by atoms with Gasteiger partial charge in [0.1, 0.15) is 5.82 Å². The van der Waals surface area contributed by atoms with E-state index in [1.54, 1.807) is 6.07 Å².